The molecule has 0 saturated heterocycles. The van der Waals surface area contributed by atoms with E-state index in [1.165, 1.54) is 18.9 Å². The van der Waals surface area contributed by atoms with Crippen LogP contribution in [0.25, 0.3) is 0 Å². The molecule has 0 aliphatic rings. The van der Waals surface area contributed by atoms with Crippen LogP contribution < -0.4 is 5.32 Å². The van der Waals surface area contributed by atoms with Gasteiger partial charge < -0.3 is 10.1 Å². The number of para-hydroxylation sites is 1. The molecule has 0 bridgehead atoms. The molecular weight excluding hydrogens is 205 g/mol. The molecule has 0 aliphatic carbocycles. The van der Waals surface area contributed by atoms with E-state index in [4.69, 9.17) is 4.74 Å². The van der Waals surface area contributed by atoms with Crippen LogP contribution in [0.4, 0.5) is 10.1 Å². The zero-order valence-electron chi connectivity index (χ0n) is 9.84. The molecule has 0 spiro atoms. The minimum atomic E-state index is -0.214. The normalized spacial score (nSPS) is 10.4. The fourth-order valence-electron chi connectivity index (χ4n) is 1.42. The van der Waals surface area contributed by atoms with Gasteiger partial charge in [0.1, 0.15) is 5.82 Å². The molecule has 0 fully saturated rings. The number of nitrogens with one attached hydrogen (secondary N) is 1. The lowest BCUT2D eigenvalue weighted by atomic mass is 10.3. The highest BCUT2D eigenvalue weighted by Crippen LogP contribution is 2.11. The third-order valence-electron chi connectivity index (χ3n) is 2.33. The zero-order valence-corrected chi connectivity index (χ0v) is 9.84. The summed E-state index contributed by atoms with van der Waals surface area (Å²) in [5, 5.41) is 3.00. The largest absolute Gasteiger partial charge is 0.380 e. The van der Waals surface area contributed by atoms with Crippen LogP contribution in [0, 0.1) is 5.82 Å². The Balaban J connectivity index is 2.05. The Labute approximate surface area is 96.8 Å². The quantitative estimate of drug-likeness (QED) is 0.684. The van der Waals surface area contributed by atoms with Gasteiger partial charge in [-0.15, -0.1) is 0 Å². The first-order valence-electron chi connectivity index (χ1n) is 5.90. The van der Waals surface area contributed by atoms with E-state index in [2.05, 4.69) is 12.2 Å². The highest BCUT2D eigenvalue weighted by molar-refractivity contribution is 5.44. The van der Waals surface area contributed by atoms with E-state index in [0.29, 0.717) is 18.8 Å². The second-order valence-electron chi connectivity index (χ2n) is 3.73. The number of hydrogen-bond donors (Lipinski definition) is 1. The van der Waals surface area contributed by atoms with E-state index in [9.17, 15) is 4.39 Å². The Hall–Kier alpha value is -1.09. The van der Waals surface area contributed by atoms with Crippen LogP contribution in [0.2, 0.25) is 0 Å². The van der Waals surface area contributed by atoms with Crippen LogP contribution in [0.15, 0.2) is 24.3 Å². The second-order valence-corrected chi connectivity index (χ2v) is 3.73. The van der Waals surface area contributed by atoms with Crippen molar-refractivity contribution in [3.8, 4) is 0 Å². The van der Waals surface area contributed by atoms with E-state index in [1.54, 1.807) is 12.1 Å². The predicted octanol–water partition coefficient (Wildman–Crippen LogP) is 3.44. The lowest BCUT2D eigenvalue weighted by Crippen LogP contribution is -2.10. The molecule has 2 nitrogen and oxygen atoms in total. The van der Waals surface area contributed by atoms with Gasteiger partial charge in [0.05, 0.1) is 12.3 Å². The summed E-state index contributed by atoms with van der Waals surface area (Å²) in [6.45, 7) is 4.23. The molecule has 0 unspecified atom stereocenters. The SMILES string of the molecule is CCCCCOCCNc1ccccc1F. The minimum absolute atomic E-state index is 0.214. The first kappa shape index (κ1) is 13.0. The van der Waals surface area contributed by atoms with Crippen LogP contribution in [0.1, 0.15) is 26.2 Å². The molecule has 1 aromatic carbocycles. The summed E-state index contributed by atoms with van der Waals surface area (Å²) in [7, 11) is 0. The molecule has 0 atom stereocenters. The smallest absolute Gasteiger partial charge is 0.146 e. The maximum Gasteiger partial charge on any atom is 0.146 e. The highest BCUT2D eigenvalue weighted by atomic mass is 19.1. The van der Waals surface area contributed by atoms with Gasteiger partial charge in [0.15, 0.2) is 0 Å². The van der Waals surface area contributed by atoms with Gasteiger partial charge in [0.2, 0.25) is 0 Å². The lowest BCUT2D eigenvalue weighted by molar-refractivity contribution is 0.140. The van der Waals surface area contributed by atoms with Crippen molar-refractivity contribution in [2.45, 2.75) is 26.2 Å². The number of ether oxygens (including phenoxy) is 1. The van der Waals surface area contributed by atoms with E-state index in [-0.39, 0.29) is 5.82 Å². The molecule has 1 N–H and O–H groups in total. The summed E-state index contributed by atoms with van der Waals surface area (Å²) >= 11 is 0. The van der Waals surface area contributed by atoms with Crippen molar-refractivity contribution in [1.29, 1.82) is 0 Å². The van der Waals surface area contributed by atoms with E-state index in [1.807, 2.05) is 6.07 Å². The monoisotopic (exact) mass is 225 g/mol. The number of halogens is 1. The van der Waals surface area contributed by atoms with Crippen molar-refractivity contribution in [2.75, 3.05) is 25.1 Å². The van der Waals surface area contributed by atoms with Crippen molar-refractivity contribution in [3.05, 3.63) is 30.1 Å². The molecule has 0 amide bonds. The number of hydrogen-bond acceptors (Lipinski definition) is 2. The summed E-state index contributed by atoms with van der Waals surface area (Å²) < 4.78 is 18.6. The minimum Gasteiger partial charge on any atom is -0.380 e. The highest BCUT2D eigenvalue weighted by Gasteiger charge is 1.98. The summed E-state index contributed by atoms with van der Waals surface area (Å²) in [4.78, 5) is 0. The summed E-state index contributed by atoms with van der Waals surface area (Å²) in [5.41, 5.74) is 0.541. The van der Waals surface area contributed by atoms with Gasteiger partial charge in [-0.25, -0.2) is 4.39 Å². The molecule has 16 heavy (non-hydrogen) atoms. The van der Waals surface area contributed by atoms with Crippen LogP contribution in [-0.4, -0.2) is 19.8 Å². The Morgan fingerprint density at radius 1 is 1.19 bits per heavy atom. The third-order valence-corrected chi connectivity index (χ3v) is 2.33. The van der Waals surface area contributed by atoms with Gasteiger partial charge in [0.25, 0.3) is 0 Å². The predicted molar refractivity (Wildman–Crippen MR) is 65.2 cm³/mol. The topological polar surface area (TPSA) is 21.3 Å². The standard InChI is InChI=1S/C13H20FNO/c1-2-3-6-10-16-11-9-15-13-8-5-4-7-12(13)14/h4-5,7-8,15H,2-3,6,9-11H2,1H3. The van der Waals surface area contributed by atoms with Crippen LogP contribution in [0.5, 0.6) is 0 Å². The first-order chi connectivity index (χ1) is 7.84. The van der Waals surface area contributed by atoms with Gasteiger partial charge in [0, 0.05) is 13.2 Å². The number of benzene rings is 1. The summed E-state index contributed by atoms with van der Waals surface area (Å²) in [5.74, 6) is -0.214. The molecule has 0 heterocycles. The molecule has 0 saturated carbocycles. The maximum atomic E-state index is 13.2. The van der Waals surface area contributed by atoms with E-state index >= 15 is 0 Å². The summed E-state index contributed by atoms with van der Waals surface area (Å²) in [6, 6.07) is 6.67. The average molecular weight is 225 g/mol. The summed E-state index contributed by atoms with van der Waals surface area (Å²) in [6.07, 6.45) is 3.52. The Kier molecular flexibility index (Phi) is 6.58. The number of unbranched alkanes of at least 4 members (excludes halogenated alkanes) is 2. The van der Waals surface area contributed by atoms with Crippen molar-refractivity contribution in [3.63, 3.8) is 0 Å². The van der Waals surface area contributed by atoms with Crippen molar-refractivity contribution in [1.82, 2.24) is 0 Å². The Morgan fingerprint density at radius 3 is 2.75 bits per heavy atom. The molecule has 3 heteroatoms. The van der Waals surface area contributed by atoms with Gasteiger partial charge in [-0.3, -0.25) is 0 Å². The number of anilines is 1. The lowest BCUT2D eigenvalue weighted by Gasteiger charge is -2.07. The number of rotatable bonds is 8. The molecule has 0 aliphatic heterocycles. The van der Waals surface area contributed by atoms with Crippen molar-refractivity contribution in [2.24, 2.45) is 0 Å². The van der Waals surface area contributed by atoms with Crippen LogP contribution in [0.3, 0.4) is 0 Å². The fraction of sp³-hybridized carbons (Fsp3) is 0.538. The van der Waals surface area contributed by atoms with Gasteiger partial charge in [-0.1, -0.05) is 31.9 Å². The molecule has 0 radical (unpaired) electrons. The van der Waals surface area contributed by atoms with Crippen molar-refractivity contribution < 1.29 is 9.13 Å². The second kappa shape index (κ2) is 8.11. The molecule has 1 rings (SSSR count). The molecular formula is C13H20FNO. The van der Waals surface area contributed by atoms with Gasteiger partial charge in [-0.05, 0) is 18.6 Å². The van der Waals surface area contributed by atoms with E-state index in [0.717, 1.165) is 13.0 Å². The van der Waals surface area contributed by atoms with Gasteiger partial charge >= 0.3 is 0 Å². The molecule has 0 aromatic heterocycles. The fourth-order valence-corrected chi connectivity index (χ4v) is 1.42. The van der Waals surface area contributed by atoms with Crippen LogP contribution >= 0.6 is 0 Å². The van der Waals surface area contributed by atoms with E-state index < -0.39 is 0 Å². The Bertz CT molecular complexity index is 291. The Morgan fingerprint density at radius 2 is 2.00 bits per heavy atom. The van der Waals surface area contributed by atoms with Gasteiger partial charge in [-0.2, -0.15) is 0 Å². The van der Waals surface area contributed by atoms with Crippen LogP contribution in [-0.2, 0) is 4.74 Å². The first-order valence-corrected chi connectivity index (χ1v) is 5.90. The molecule has 90 valence electrons. The molecule has 1 aromatic rings. The van der Waals surface area contributed by atoms with Crippen molar-refractivity contribution >= 4 is 5.69 Å². The zero-order chi connectivity index (χ0) is 11.6. The maximum absolute atomic E-state index is 13.2. The third kappa shape index (κ3) is 5.12. The average Bonchev–Trinajstić information content (AvgIpc) is 2.30.